The monoisotopic (exact) mass is 198 g/mol. The molecule has 14 heavy (non-hydrogen) atoms. The highest BCUT2D eigenvalue weighted by Gasteiger charge is 2.10. The predicted octanol–water partition coefficient (Wildman–Crippen LogP) is 0.370. The van der Waals surface area contributed by atoms with E-state index in [1.165, 1.54) is 6.07 Å². The summed E-state index contributed by atoms with van der Waals surface area (Å²) in [6.45, 7) is 0.382. The van der Waals surface area contributed by atoms with Gasteiger partial charge in [0.25, 0.3) is 0 Å². The molecule has 0 amide bonds. The van der Waals surface area contributed by atoms with E-state index in [0.717, 1.165) is 0 Å². The minimum absolute atomic E-state index is 0.292. The van der Waals surface area contributed by atoms with Crippen molar-refractivity contribution in [3.63, 3.8) is 0 Å². The summed E-state index contributed by atoms with van der Waals surface area (Å²) in [5, 5.41) is 29.4. The summed E-state index contributed by atoms with van der Waals surface area (Å²) in [4.78, 5) is 0. The van der Waals surface area contributed by atoms with Crippen molar-refractivity contribution < 1.29 is 15.3 Å². The molecule has 4 N–H and O–H groups in total. The first kappa shape index (κ1) is 10.6. The van der Waals surface area contributed by atoms with E-state index < -0.39 is 5.75 Å². The molecular weight excluding hydrogens is 184 g/mol. The quantitative estimate of drug-likeness (QED) is 0.417. The van der Waals surface area contributed by atoms with Gasteiger partial charge in [-0.1, -0.05) is 6.07 Å². The van der Waals surface area contributed by atoms with Crippen LogP contribution < -0.4 is 5.43 Å². The maximum absolute atomic E-state index is 9.42. The zero-order valence-corrected chi connectivity index (χ0v) is 8.15. The minimum atomic E-state index is -0.483. The Morgan fingerprint density at radius 2 is 1.79 bits per heavy atom. The molecule has 0 aromatic heterocycles. The largest absolute Gasteiger partial charge is 0.504 e. The Labute approximate surface area is 82.2 Å². The average Bonchev–Trinajstić information content (AvgIpc) is 2.13. The molecular formula is C9H14N2O3. The summed E-state index contributed by atoms with van der Waals surface area (Å²) in [6.07, 6.45) is 0. The summed E-state index contributed by atoms with van der Waals surface area (Å²) in [5.41, 5.74) is 3.45. The number of rotatable bonds is 3. The second kappa shape index (κ2) is 4.17. The van der Waals surface area contributed by atoms with Gasteiger partial charge < -0.3 is 15.3 Å². The predicted molar refractivity (Wildman–Crippen MR) is 52.0 cm³/mol. The van der Waals surface area contributed by atoms with Gasteiger partial charge >= 0.3 is 0 Å². The third kappa shape index (κ3) is 2.27. The number of phenolic OH excluding ortho intramolecular Hbond substituents is 3. The van der Waals surface area contributed by atoms with Crippen LogP contribution in [-0.2, 0) is 6.54 Å². The molecule has 0 saturated heterocycles. The molecule has 5 heteroatoms. The topological polar surface area (TPSA) is 76.0 Å². The molecule has 0 atom stereocenters. The fourth-order valence-electron chi connectivity index (χ4n) is 0.997. The van der Waals surface area contributed by atoms with Crippen LogP contribution in [-0.4, -0.2) is 34.4 Å². The summed E-state index contributed by atoms with van der Waals surface area (Å²) < 4.78 is 0. The molecule has 0 aliphatic rings. The molecule has 5 nitrogen and oxygen atoms in total. The van der Waals surface area contributed by atoms with Crippen molar-refractivity contribution in [2.75, 3.05) is 14.1 Å². The SMILES string of the molecule is CN(C)NCc1ccc(O)c(O)c1O. The fraction of sp³-hybridized carbons (Fsp3) is 0.333. The first-order valence-electron chi connectivity index (χ1n) is 4.16. The average molecular weight is 198 g/mol. The van der Waals surface area contributed by atoms with Crippen LogP contribution in [0, 0.1) is 0 Å². The molecule has 0 spiro atoms. The smallest absolute Gasteiger partial charge is 0.200 e. The number of aromatic hydroxyl groups is 3. The van der Waals surface area contributed by atoms with Crippen LogP contribution in [0.4, 0.5) is 0 Å². The van der Waals surface area contributed by atoms with Gasteiger partial charge in [-0.25, -0.2) is 0 Å². The molecule has 0 radical (unpaired) electrons. The van der Waals surface area contributed by atoms with Crippen LogP contribution in [0.5, 0.6) is 17.2 Å². The highest BCUT2D eigenvalue weighted by Crippen LogP contribution is 2.36. The van der Waals surface area contributed by atoms with Crippen LogP contribution >= 0.6 is 0 Å². The van der Waals surface area contributed by atoms with Crippen LogP contribution in [0.1, 0.15) is 5.56 Å². The maximum atomic E-state index is 9.42. The summed E-state index contributed by atoms with van der Waals surface area (Å²) >= 11 is 0. The second-order valence-electron chi connectivity index (χ2n) is 3.17. The Bertz CT molecular complexity index is 326. The van der Waals surface area contributed by atoms with Gasteiger partial charge in [0.05, 0.1) is 0 Å². The molecule has 78 valence electrons. The molecule has 0 aliphatic carbocycles. The fourth-order valence-corrected chi connectivity index (χ4v) is 0.997. The van der Waals surface area contributed by atoms with Crippen LogP contribution in [0.15, 0.2) is 12.1 Å². The molecule has 0 fully saturated rings. The van der Waals surface area contributed by atoms with Crippen molar-refractivity contribution in [2.24, 2.45) is 0 Å². The highest BCUT2D eigenvalue weighted by molar-refractivity contribution is 5.52. The number of hydrazine groups is 1. The normalized spacial score (nSPS) is 10.8. The molecule has 0 saturated carbocycles. The van der Waals surface area contributed by atoms with Crippen molar-refractivity contribution in [2.45, 2.75) is 6.54 Å². The van der Waals surface area contributed by atoms with Crippen LogP contribution in [0.2, 0.25) is 0 Å². The molecule has 0 heterocycles. The van der Waals surface area contributed by atoms with Crippen LogP contribution in [0.3, 0.4) is 0 Å². The van der Waals surface area contributed by atoms with Crippen molar-refractivity contribution in [1.29, 1.82) is 0 Å². The first-order valence-corrected chi connectivity index (χ1v) is 4.16. The lowest BCUT2D eigenvalue weighted by Crippen LogP contribution is -2.29. The zero-order valence-electron chi connectivity index (χ0n) is 8.15. The number of hydrogen-bond donors (Lipinski definition) is 4. The van der Waals surface area contributed by atoms with E-state index in [0.29, 0.717) is 12.1 Å². The zero-order chi connectivity index (χ0) is 10.7. The van der Waals surface area contributed by atoms with E-state index in [1.54, 1.807) is 11.1 Å². The van der Waals surface area contributed by atoms with E-state index in [9.17, 15) is 10.2 Å². The number of benzene rings is 1. The second-order valence-corrected chi connectivity index (χ2v) is 3.17. The van der Waals surface area contributed by atoms with Gasteiger partial charge in [0.1, 0.15) is 0 Å². The van der Waals surface area contributed by atoms with E-state index in [4.69, 9.17) is 5.11 Å². The number of nitrogens with zero attached hydrogens (tertiary/aromatic N) is 1. The molecule has 1 rings (SSSR count). The van der Waals surface area contributed by atoms with Gasteiger partial charge in [-0.2, -0.15) is 0 Å². The van der Waals surface area contributed by atoms with E-state index in [-0.39, 0.29) is 11.5 Å². The van der Waals surface area contributed by atoms with Gasteiger partial charge in [0, 0.05) is 26.2 Å². The number of nitrogens with one attached hydrogen (secondary N) is 1. The van der Waals surface area contributed by atoms with Crippen molar-refractivity contribution in [1.82, 2.24) is 10.4 Å². The number of hydrogen-bond acceptors (Lipinski definition) is 5. The Kier molecular flexibility index (Phi) is 3.16. The minimum Gasteiger partial charge on any atom is -0.504 e. The van der Waals surface area contributed by atoms with Crippen molar-refractivity contribution >= 4 is 0 Å². The maximum Gasteiger partial charge on any atom is 0.200 e. The lowest BCUT2D eigenvalue weighted by Gasteiger charge is -2.13. The highest BCUT2D eigenvalue weighted by atomic mass is 16.3. The molecule has 1 aromatic rings. The van der Waals surface area contributed by atoms with Crippen molar-refractivity contribution in [3.05, 3.63) is 17.7 Å². The third-order valence-corrected chi connectivity index (χ3v) is 1.80. The Hall–Kier alpha value is -1.46. The van der Waals surface area contributed by atoms with Gasteiger partial charge in [-0.15, -0.1) is 0 Å². The van der Waals surface area contributed by atoms with E-state index in [1.807, 2.05) is 14.1 Å². The molecule has 0 bridgehead atoms. The van der Waals surface area contributed by atoms with Gasteiger partial charge in [-0.3, -0.25) is 10.4 Å². The van der Waals surface area contributed by atoms with E-state index in [2.05, 4.69) is 5.43 Å². The summed E-state index contributed by atoms with van der Waals surface area (Å²) in [5.74, 6) is -1.10. The third-order valence-electron chi connectivity index (χ3n) is 1.80. The Balaban J connectivity index is 2.83. The number of phenols is 3. The summed E-state index contributed by atoms with van der Waals surface area (Å²) in [6, 6.07) is 2.88. The molecule has 1 aromatic carbocycles. The summed E-state index contributed by atoms with van der Waals surface area (Å²) in [7, 11) is 3.63. The van der Waals surface area contributed by atoms with Gasteiger partial charge in [-0.05, 0) is 6.07 Å². The van der Waals surface area contributed by atoms with Crippen molar-refractivity contribution in [3.8, 4) is 17.2 Å². The first-order chi connectivity index (χ1) is 6.52. The van der Waals surface area contributed by atoms with E-state index >= 15 is 0 Å². The Morgan fingerprint density at radius 1 is 1.14 bits per heavy atom. The molecule has 0 aliphatic heterocycles. The lowest BCUT2D eigenvalue weighted by molar-refractivity contribution is 0.282. The Morgan fingerprint density at radius 3 is 2.36 bits per heavy atom. The van der Waals surface area contributed by atoms with Gasteiger partial charge in [0.2, 0.25) is 5.75 Å². The lowest BCUT2D eigenvalue weighted by atomic mass is 10.2. The van der Waals surface area contributed by atoms with Gasteiger partial charge in [0.15, 0.2) is 11.5 Å². The van der Waals surface area contributed by atoms with Crippen LogP contribution in [0.25, 0.3) is 0 Å². The standard InChI is InChI=1S/C9H14N2O3/c1-11(2)10-5-6-3-4-7(12)9(14)8(6)13/h3-4,10,12-14H,5H2,1-2H3. The molecule has 0 unspecified atom stereocenters.